The van der Waals surface area contributed by atoms with Crippen LogP contribution in [-0.2, 0) is 6.42 Å². The van der Waals surface area contributed by atoms with E-state index in [4.69, 9.17) is 0 Å². The molecule has 0 spiro atoms. The standard InChI is InChI=1S/C17H21P/c1-5-15-8-6-7-9-17(15)18-16-11-10-12(2)13(3)14(16)4/h6-11,18H,5H2,1-4H3. The summed E-state index contributed by atoms with van der Waals surface area (Å²) < 4.78 is 0. The predicted molar refractivity (Wildman–Crippen MR) is 84.1 cm³/mol. The molecule has 1 atom stereocenters. The van der Waals surface area contributed by atoms with Gasteiger partial charge >= 0.3 is 0 Å². The van der Waals surface area contributed by atoms with Gasteiger partial charge in [-0.2, -0.15) is 0 Å². The number of hydrogen-bond donors (Lipinski definition) is 0. The highest BCUT2D eigenvalue weighted by Gasteiger charge is 2.06. The Labute approximate surface area is 112 Å². The second kappa shape index (κ2) is 5.67. The lowest BCUT2D eigenvalue weighted by molar-refractivity contribution is 1.15. The Morgan fingerprint density at radius 1 is 0.833 bits per heavy atom. The molecule has 0 radical (unpaired) electrons. The third-order valence-electron chi connectivity index (χ3n) is 3.73. The first-order valence-electron chi connectivity index (χ1n) is 6.55. The highest BCUT2D eigenvalue weighted by atomic mass is 31.1. The lowest BCUT2D eigenvalue weighted by Gasteiger charge is -2.13. The van der Waals surface area contributed by atoms with Gasteiger partial charge in [-0.15, -0.1) is 0 Å². The van der Waals surface area contributed by atoms with Gasteiger partial charge in [0.05, 0.1) is 0 Å². The van der Waals surface area contributed by atoms with Crippen LogP contribution >= 0.6 is 8.58 Å². The Hall–Kier alpha value is -1.13. The average molecular weight is 256 g/mol. The first-order valence-corrected chi connectivity index (χ1v) is 7.55. The first-order chi connectivity index (χ1) is 8.63. The molecule has 0 aliphatic heterocycles. The number of rotatable bonds is 3. The number of hydrogen-bond acceptors (Lipinski definition) is 0. The molecule has 2 aromatic rings. The minimum absolute atomic E-state index is 0.774. The zero-order valence-electron chi connectivity index (χ0n) is 11.7. The Kier molecular flexibility index (Phi) is 4.19. The molecule has 2 rings (SSSR count). The van der Waals surface area contributed by atoms with E-state index in [0.29, 0.717) is 0 Å². The summed E-state index contributed by atoms with van der Waals surface area (Å²) in [5, 5.41) is 2.98. The predicted octanol–water partition coefficient (Wildman–Crippen LogP) is 3.80. The van der Waals surface area contributed by atoms with E-state index in [0.717, 1.165) is 15.0 Å². The molecule has 0 fully saturated rings. The van der Waals surface area contributed by atoms with Crippen molar-refractivity contribution >= 4 is 19.2 Å². The summed E-state index contributed by atoms with van der Waals surface area (Å²) in [6, 6.07) is 13.4. The second-order valence-corrected chi connectivity index (χ2v) is 6.14. The van der Waals surface area contributed by atoms with Gasteiger partial charge in [-0.25, -0.2) is 0 Å². The second-order valence-electron chi connectivity index (χ2n) is 4.82. The Bertz CT molecular complexity index is 556. The molecule has 0 bridgehead atoms. The van der Waals surface area contributed by atoms with Crippen LogP contribution in [0.25, 0.3) is 0 Å². The first kappa shape index (κ1) is 13.3. The summed E-state index contributed by atoms with van der Waals surface area (Å²) >= 11 is 0. The quantitative estimate of drug-likeness (QED) is 0.733. The van der Waals surface area contributed by atoms with Crippen molar-refractivity contribution < 1.29 is 0 Å². The van der Waals surface area contributed by atoms with E-state index in [1.807, 2.05) is 0 Å². The van der Waals surface area contributed by atoms with Crippen LogP contribution in [-0.4, -0.2) is 0 Å². The highest BCUT2D eigenvalue weighted by Crippen LogP contribution is 2.20. The van der Waals surface area contributed by atoms with Crippen molar-refractivity contribution in [3.05, 3.63) is 58.7 Å². The minimum Gasteiger partial charge on any atom is -0.0619 e. The molecule has 0 aliphatic rings. The van der Waals surface area contributed by atoms with Crippen LogP contribution < -0.4 is 10.6 Å². The molecule has 18 heavy (non-hydrogen) atoms. The summed E-state index contributed by atoms with van der Waals surface area (Å²) in [5.41, 5.74) is 5.77. The van der Waals surface area contributed by atoms with Crippen molar-refractivity contribution in [2.75, 3.05) is 0 Å². The van der Waals surface area contributed by atoms with E-state index in [2.05, 4.69) is 64.1 Å². The van der Waals surface area contributed by atoms with E-state index in [9.17, 15) is 0 Å². The van der Waals surface area contributed by atoms with E-state index < -0.39 is 0 Å². The SMILES string of the molecule is CCc1ccccc1Pc1ccc(C)c(C)c1C. The fourth-order valence-corrected chi connectivity index (χ4v) is 3.62. The van der Waals surface area contributed by atoms with Crippen LogP contribution in [0.3, 0.4) is 0 Å². The maximum atomic E-state index is 2.29. The van der Waals surface area contributed by atoms with Crippen molar-refractivity contribution in [2.45, 2.75) is 34.1 Å². The van der Waals surface area contributed by atoms with Crippen molar-refractivity contribution in [3.8, 4) is 0 Å². The van der Waals surface area contributed by atoms with Gasteiger partial charge in [0.2, 0.25) is 0 Å². The summed E-state index contributed by atoms with van der Waals surface area (Å²) in [5.74, 6) is 0. The molecule has 1 unspecified atom stereocenters. The third kappa shape index (κ3) is 2.65. The van der Waals surface area contributed by atoms with Crippen molar-refractivity contribution in [3.63, 3.8) is 0 Å². The monoisotopic (exact) mass is 256 g/mol. The topological polar surface area (TPSA) is 0 Å². The van der Waals surface area contributed by atoms with Gasteiger partial charge < -0.3 is 0 Å². The molecule has 94 valence electrons. The van der Waals surface area contributed by atoms with Gasteiger partial charge in [0.15, 0.2) is 0 Å². The minimum atomic E-state index is 0.774. The summed E-state index contributed by atoms with van der Waals surface area (Å²) in [6.07, 6.45) is 1.12. The van der Waals surface area contributed by atoms with Crippen LogP contribution in [0, 0.1) is 20.8 Å². The maximum absolute atomic E-state index is 2.29. The Balaban J connectivity index is 2.37. The van der Waals surface area contributed by atoms with E-state index in [1.165, 1.54) is 32.9 Å². The summed E-state index contributed by atoms with van der Waals surface area (Å²) in [4.78, 5) is 0. The number of benzene rings is 2. The van der Waals surface area contributed by atoms with Gasteiger partial charge in [0, 0.05) is 0 Å². The summed E-state index contributed by atoms with van der Waals surface area (Å²) in [7, 11) is 0.774. The molecule has 0 saturated heterocycles. The molecule has 0 aliphatic carbocycles. The number of aryl methyl sites for hydroxylation is 2. The molecule has 0 aromatic heterocycles. The molecule has 0 heterocycles. The van der Waals surface area contributed by atoms with Crippen LogP contribution in [0.1, 0.15) is 29.2 Å². The molecule has 0 amide bonds. The maximum Gasteiger partial charge on any atom is -0.0194 e. The average Bonchev–Trinajstić information content (AvgIpc) is 2.40. The molecular formula is C17H21P. The van der Waals surface area contributed by atoms with Crippen molar-refractivity contribution in [2.24, 2.45) is 0 Å². The van der Waals surface area contributed by atoms with Crippen LogP contribution in [0.15, 0.2) is 36.4 Å². The van der Waals surface area contributed by atoms with Gasteiger partial charge in [0.1, 0.15) is 0 Å². The largest absolute Gasteiger partial charge is 0.0619 e. The molecule has 0 N–H and O–H groups in total. The van der Waals surface area contributed by atoms with Crippen LogP contribution in [0.4, 0.5) is 0 Å². The Morgan fingerprint density at radius 2 is 1.56 bits per heavy atom. The fraction of sp³-hybridized carbons (Fsp3) is 0.294. The van der Waals surface area contributed by atoms with Gasteiger partial charge in [0.25, 0.3) is 0 Å². The molecule has 2 aromatic carbocycles. The lowest BCUT2D eigenvalue weighted by atomic mass is 10.1. The summed E-state index contributed by atoms with van der Waals surface area (Å²) in [6.45, 7) is 8.90. The fourth-order valence-electron chi connectivity index (χ4n) is 2.19. The van der Waals surface area contributed by atoms with Gasteiger partial charge in [-0.05, 0) is 60.1 Å². The van der Waals surface area contributed by atoms with Crippen LogP contribution in [0.2, 0.25) is 0 Å². The zero-order valence-corrected chi connectivity index (χ0v) is 12.7. The molecular weight excluding hydrogens is 235 g/mol. The lowest BCUT2D eigenvalue weighted by Crippen LogP contribution is -2.12. The van der Waals surface area contributed by atoms with E-state index in [-0.39, 0.29) is 0 Å². The smallest absolute Gasteiger partial charge is 0.0194 e. The van der Waals surface area contributed by atoms with E-state index >= 15 is 0 Å². The van der Waals surface area contributed by atoms with Gasteiger partial charge in [-0.1, -0.05) is 51.9 Å². The third-order valence-corrected chi connectivity index (χ3v) is 5.29. The normalized spacial score (nSPS) is 11.3. The zero-order chi connectivity index (χ0) is 13.1. The molecule has 1 heteroatoms. The van der Waals surface area contributed by atoms with Crippen molar-refractivity contribution in [1.29, 1.82) is 0 Å². The van der Waals surface area contributed by atoms with Crippen LogP contribution in [0.5, 0.6) is 0 Å². The Morgan fingerprint density at radius 3 is 2.28 bits per heavy atom. The molecule has 0 nitrogen and oxygen atoms in total. The highest BCUT2D eigenvalue weighted by molar-refractivity contribution is 7.55. The van der Waals surface area contributed by atoms with E-state index in [1.54, 1.807) is 0 Å². The van der Waals surface area contributed by atoms with Crippen molar-refractivity contribution in [1.82, 2.24) is 0 Å². The molecule has 0 saturated carbocycles. The van der Waals surface area contributed by atoms with Gasteiger partial charge in [-0.3, -0.25) is 0 Å².